The first-order valence-electron chi connectivity index (χ1n) is 9.24. The Bertz CT molecular complexity index is 1130. The first-order valence-corrected chi connectivity index (χ1v) is 9.62. The Labute approximate surface area is 173 Å². The van der Waals surface area contributed by atoms with Crippen LogP contribution in [0.15, 0.2) is 77.2 Å². The lowest BCUT2D eigenvalue weighted by Crippen LogP contribution is -2.01. The zero-order valence-electron chi connectivity index (χ0n) is 15.9. The highest BCUT2D eigenvalue weighted by Crippen LogP contribution is 2.32. The molecule has 1 heterocycles. The third-order valence-corrected chi connectivity index (χ3v) is 4.87. The van der Waals surface area contributed by atoms with Gasteiger partial charge in [-0.05, 0) is 60.5 Å². The number of halogens is 1. The minimum Gasteiger partial charge on any atom is -0.469 e. The summed E-state index contributed by atoms with van der Waals surface area (Å²) < 4.78 is 16.6. The fraction of sp³-hybridized carbons (Fsp3) is 0.125. The predicted molar refractivity (Wildman–Crippen MR) is 114 cm³/mol. The van der Waals surface area contributed by atoms with Crippen molar-refractivity contribution in [3.63, 3.8) is 0 Å². The molecule has 0 aliphatic carbocycles. The molecule has 5 heteroatoms. The van der Waals surface area contributed by atoms with Crippen LogP contribution < -0.4 is 4.74 Å². The van der Waals surface area contributed by atoms with Crippen LogP contribution in [-0.2, 0) is 16.0 Å². The molecule has 4 nitrogen and oxygen atoms in total. The molecule has 0 saturated heterocycles. The maximum Gasteiger partial charge on any atom is 0.305 e. The number of esters is 1. The monoisotopic (exact) mass is 406 g/mol. The van der Waals surface area contributed by atoms with E-state index in [9.17, 15) is 4.79 Å². The highest BCUT2D eigenvalue weighted by Gasteiger charge is 2.09. The van der Waals surface area contributed by atoms with Gasteiger partial charge in [-0.25, -0.2) is 0 Å². The van der Waals surface area contributed by atoms with Gasteiger partial charge in [-0.1, -0.05) is 35.9 Å². The number of carbonyl (C=O) groups excluding carboxylic acids is 1. The van der Waals surface area contributed by atoms with Crippen molar-refractivity contribution >= 4 is 28.5 Å². The largest absolute Gasteiger partial charge is 0.469 e. The van der Waals surface area contributed by atoms with E-state index in [0.29, 0.717) is 17.9 Å². The summed E-state index contributed by atoms with van der Waals surface area (Å²) in [6.45, 7) is 0. The van der Waals surface area contributed by atoms with Gasteiger partial charge in [0.2, 0.25) is 0 Å². The third kappa shape index (κ3) is 4.61. The number of ether oxygens (including phenoxy) is 2. The van der Waals surface area contributed by atoms with Gasteiger partial charge in [0.05, 0.1) is 7.11 Å². The quantitative estimate of drug-likeness (QED) is 0.336. The second-order valence-corrected chi connectivity index (χ2v) is 7.08. The Kier molecular flexibility index (Phi) is 5.54. The maximum atomic E-state index is 11.3. The Hall–Kier alpha value is -3.24. The van der Waals surface area contributed by atoms with Crippen molar-refractivity contribution in [2.75, 3.05) is 7.11 Å². The number of methoxy groups -OCH3 is 1. The molecule has 29 heavy (non-hydrogen) atoms. The summed E-state index contributed by atoms with van der Waals surface area (Å²) in [5.41, 5.74) is 2.84. The number of hydrogen-bond acceptors (Lipinski definition) is 4. The lowest BCUT2D eigenvalue weighted by atomic mass is 10.1. The Balaban J connectivity index is 1.51. The zero-order chi connectivity index (χ0) is 20.2. The molecular weight excluding hydrogens is 388 g/mol. The summed E-state index contributed by atoms with van der Waals surface area (Å²) in [4.78, 5) is 11.3. The van der Waals surface area contributed by atoms with E-state index >= 15 is 0 Å². The molecule has 0 N–H and O–H groups in total. The molecular formula is C24H19ClO4. The fourth-order valence-electron chi connectivity index (χ4n) is 3.05. The van der Waals surface area contributed by atoms with E-state index < -0.39 is 0 Å². The molecule has 0 aliphatic heterocycles. The summed E-state index contributed by atoms with van der Waals surface area (Å²) in [6.07, 6.45) is 1.02. The highest BCUT2D eigenvalue weighted by molar-refractivity contribution is 6.30. The van der Waals surface area contributed by atoms with Crippen molar-refractivity contribution in [3.05, 3.63) is 83.4 Å². The zero-order valence-corrected chi connectivity index (χ0v) is 16.6. The number of furan rings is 1. The fourth-order valence-corrected chi connectivity index (χ4v) is 3.18. The van der Waals surface area contributed by atoms with E-state index in [1.54, 1.807) is 12.1 Å². The van der Waals surface area contributed by atoms with Gasteiger partial charge in [-0.2, -0.15) is 0 Å². The number of benzene rings is 3. The average Bonchev–Trinajstić information content (AvgIpc) is 3.17. The molecule has 1 aromatic heterocycles. The van der Waals surface area contributed by atoms with Gasteiger partial charge < -0.3 is 13.9 Å². The van der Waals surface area contributed by atoms with Gasteiger partial charge in [-0.3, -0.25) is 4.79 Å². The molecule has 0 aliphatic rings. The molecule has 0 atom stereocenters. The van der Waals surface area contributed by atoms with Crippen LogP contribution in [0.25, 0.3) is 22.3 Å². The second kappa shape index (κ2) is 8.41. The lowest BCUT2D eigenvalue weighted by molar-refractivity contribution is -0.140. The molecule has 4 rings (SSSR count). The van der Waals surface area contributed by atoms with Gasteiger partial charge >= 0.3 is 5.97 Å². The normalized spacial score (nSPS) is 10.8. The summed E-state index contributed by atoms with van der Waals surface area (Å²) >= 11 is 5.91. The smallest absolute Gasteiger partial charge is 0.305 e. The Morgan fingerprint density at radius 2 is 1.66 bits per heavy atom. The summed E-state index contributed by atoms with van der Waals surface area (Å²) in [6, 6.07) is 22.9. The van der Waals surface area contributed by atoms with Gasteiger partial charge in [0, 0.05) is 22.4 Å². The molecule has 0 spiro atoms. The van der Waals surface area contributed by atoms with Gasteiger partial charge in [-0.15, -0.1) is 0 Å². The van der Waals surface area contributed by atoms with Crippen LogP contribution in [0.3, 0.4) is 0 Å². The molecule has 0 radical (unpaired) electrons. The number of hydrogen-bond donors (Lipinski definition) is 0. The minimum atomic E-state index is -0.206. The molecule has 0 unspecified atom stereocenters. The van der Waals surface area contributed by atoms with Gasteiger partial charge in [0.15, 0.2) is 0 Å². The lowest BCUT2D eigenvalue weighted by Gasteiger charge is -2.05. The van der Waals surface area contributed by atoms with Crippen molar-refractivity contribution in [1.82, 2.24) is 0 Å². The van der Waals surface area contributed by atoms with E-state index in [1.165, 1.54) is 7.11 Å². The van der Waals surface area contributed by atoms with Gasteiger partial charge in [0.25, 0.3) is 0 Å². The predicted octanol–water partition coefficient (Wildman–Crippen LogP) is 6.65. The molecule has 0 fully saturated rings. The first kappa shape index (κ1) is 19.1. The Morgan fingerprint density at radius 3 is 2.38 bits per heavy atom. The molecule has 4 aromatic rings. The van der Waals surface area contributed by atoms with Crippen LogP contribution in [-0.4, -0.2) is 13.1 Å². The summed E-state index contributed by atoms with van der Waals surface area (Å²) in [5, 5.41) is 1.63. The number of fused-ring (bicyclic) bond motifs is 1. The van der Waals surface area contributed by atoms with Crippen molar-refractivity contribution in [2.24, 2.45) is 0 Å². The number of aryl methyl sites for hydroxylation is 1. The van der Waals surface area contributed by atoms with E-state index in [0.717, 1.165) is 39.4 Å². The first-order chi connectivity index (χ1) is 14.1. The standard InChI is InChI=1S/C24H19ClO4/c1-27-24(26)13-4-16-2-5-17(6-3-16)23-15-18-14-21(11-12-22(18)29-23)28-20-9-7-19(25)8-10-20/h2-3,5-12,14-15H,4,13H2,1H3. The molecule has 0 bridgehead atoms. The van der Waals surface area contributed by atoms with Crippen molar-refractivity contribution in [2.45, 2.75) is 12.8 Å². The number of rotatable bonds is 6. The van der Waals surface area contributed by atoms with Crippen LogP contribution in [0.4, 0.5) is 0 Å². The highest BCUT2D eigenvalue weighted by atomic mass is 35.5. The maximum absolute atomic E-state index is 11.3. The van der Waals surface area contributed by atoms with E-state index in [2.05, 4.69) is 4.74 Å². The van der Waals surface area contributed by atoms with E-state index in [1.807, 2.05) is 60.7 Å². The summed E-state index contributed by atoms with van der Waals surface area (Å²) in [7, 11) is 1.40. The molecule has 3 aromatic carbocycles. The molecule has 0 amide bonds. The van der Waals surface area contributed by atoms with Crippen LogP contribution in [0, 0.1) is 0 Å². The molecule has 0 saturated carbocycles. The topological polar surface area (TPSA) is 48.7 Å². The van der Waals surface area contributed by atoms with Crippen LogP contribution >= 0.6 is 11.6 Å². The van der Waals surface area contributed by atoms with Crippen molar-refractivity contribution in [3.8, 4) is 22.8 Å². The second-order valence-electron chi connectivity index (χ2n) is 6.64. The number of carbonyl (C=O) groups is 1. The Morgan fingerprint density at radius 1 is 0.931 bits per heavy atom. The average molecular weight is 407 g/mol. The van der Waals surface area contributed by atoms with Crippen LogP contribution in [0.1, 0.15) is 12.0 Å². The summed E-state index contributed by atoms with van der Waals surface area (Å²) in [5.74, 6) is 2.02. The van der Waals surface area contributed by atoms with E-state index in [4.69, 9.17) is 20.8 Å². The van der Waals surface area contributed by atoms with Crippen molar-refractivity contribution < 1.29 is 18.7 Å². The van der Waals surface area contributed by atoms with Crippen LogP contribution in [0.2, 0.25) is 5.02 Å². The minimum absolute atomic E-state index is 0.206. The third-order valence-electron chi connectivity index (χ3n) is 4.62. The van der Waals surface area contributed by atoms with Gasteiger partial charge in [0.1, 0.15) is 22.8 Å². The molecule has 146 valence electrons. The van der Waals surface area contributed by atoms with Crippen molar-refractivity contribution in [1.29, 1.82) is 0 Å². The van der Waals surface area contributed by atoms with Crippen LogP contribution in [0.5, 0.6) is 11.5 Å². The SMILES string of the molecule is COC(=O)CCc1ccc(-c2cc3cc(Oc4ccc(Cl)cc4)ccc3o2)cc1. The van der Waals surface area contributed by atoms with E-state index in [-0.39, 0.29) is 5.97 Å².